The molecule has 2 N–H and O–H groups in total. The van der Waals surface area contributed by atoms with Gasteiger partial charge in [0.1, 0.15) is 17.9 Å². The van der Waals surface area contributed by atoms with Crippen molar-refractivity contribution in [2.45, 2.75) is 26.2 Å². The number of benzene rings is 1. The summed E-state index contributed by atoms with van der Waals surface area (Å²) in [6.45, 7) is 1.86. The number of fused-ring (bicyclic) bond motifs is 1. The standard InChI is InChI=1S/C14H15N3O/c1-9-13(15)16-8-17-14(9)18-12-6-5-10-3-2-4-11(10)7-12/h5-8H,2-4H2,1H3,(H2,15,16,17). The van der Waals surface area contributed by atoms with Crippen LogP contribution in [0, 0.1) is 6.92 Å². The molecule has 18 heavy (non-hydrogen) atoms. The Kier molecular flexibility index (Phi) is 2.63. The minimum absolute atomic E-state index is 0.459. The van der Waals surface area contributed by atoms with Crippen molar-refractivity contribution < 1.29 is 4.74 Å². The van der Waals surface area contributed by atoms with E-state index in [0.717, 1.165) is 17.7 Å². The molecule has 0 unspecified atom stereocenters. The maximum Gasteiger partial charge on any atom is 0.227 e. The summed E-state index contributed by atoms with van der Waals surface area (Å²) in [4.78, 5) is 8.04. The van der Waals surface area contributed by atoms with Crippen LogP contribution in [-0.4, -0.2) is 9.97 Å². The smallest absolute Gasteiger partial charge is 0.227 e. The van der Waals surface area contributed by atoms with Crippen molar-refractivity contribution in [2.24, 2.45) is 0 Å². The second kappa shape index (κ2) is 4.29. The van der Waals surface area contributed by atoms with Crippen LogP contribution in [0.15, 0.2) is 24.5 Å². The highest BCUT2D eigenvalue weighted by molar-refractivity contribution is 5.46. The number of aryl methyl sites for hydroxylation is 2. The Morgan fingerprint density at radius 1 is 1.17 bits per heavy atom. The summed E-state index contributed by atoms with van der Waals surface area (Å²) in [5.74, 6) is 1.80. The molecule has 0 saturated heterocycles. The lowest BCUT2D eigenvalue weighted by atomic mass is 10.1. The van der Waals surface area contributed by atoms with Crippen molar-refractivity contribution in [3.05, 3.63) is 41.2 Å². The number of aromatic nitrogens is 2. The molecule has 4 heteroatoms. The average Bonchev–Trinajstić information content (AvgIpc) is 2.82. The second-order valence-corrected chi connectivity index (χ2v) is 4.58. The summed E-state index contributed by atoms with van der Waals surface area (Å²) in [6.07, 6.45) is 4.97. The molecule has 0 fully saturated rings. The predicted octanol–water partition coefficient (Wildman–Crippen LogP) is 2.65. The maximum absolute atomic E-state index is 5.78. The van der Waals surface area contributed by atoms with Gasteiger partial charge in [-0.25, -0.2) is 9.97 Å². The van der Waals surface area contributed by atoms with Gasteiger partial charge < -0.3 is 10.5 Å². The first-order valence-electron chi connectivity index (χ1n) is 6.11. The molecule has 0 amide bonds. The monoisotopic (exact) mass is 241 g/mol. The summed E-state index contributed by atoms with van der Waals surface area (Å²) in [7, 11) is 0. The van der Waals surface area contributed by atoms with Gasteiger partial charge in [0, 0.05) is 0 Å². The number of nitrogens with two attached hydrogens (primary N) is 1. The van der Waals surface area contributed by atoms with E-state index < -0.39 is 0 Å². The lowest BCUT2D eigenvalue weighted by Crippen LogP contribution is -1.99. The fourth-order valence-electron chi connectivity index (χ4n) is 2.27. The Labute approximate surface area is 106 Å². The molecule has 1 aliphatic rings. The van der Waals surface area contributed by atoms with Crippen molar-refractivity contribution in [3.8, 4) is 11.6 Å². The van der Waals surface area contributed by atoms with Gasteiger partial charge in [-0.3, -0.25) is 0 Å². The lowest BCUT2D eigenvalue weighted by molar-refractivity contribution is 0.457. The first-order chi connectivity index (χ1) is 8.74. The topological polar surface area (TPSA) is 61.0 Å². The van der Waals surface area contributed by atoms with E-state index in [4.69, 9.17) is 10.5 Å². The SMILES string of the molecule is Cc1c(N)ncnc1Oc1ccc2c(c1)CCC2. The average molecular weight is 241 g/mol. The summed E-state index contributed by atoms with van der Waals surface area (Å²) >= 11 is 0. The Morgan fingerprint density at radius 3 is 2.89 bits per heavy atom. The first-order valence-corrected chi connectivity index (χ1v) is 6.11. The molecule has 2 aromatic rings. The van der Waals surface area contributed by atoms with Crippen LogP contribution in [0.25, 0.3) is 0 Å². The van der Waals surface area contributed by atoms with Crippen LogP contribution in [-0.2, 0) is 12.8 Å². The number of ether oxygens (including phenoxy) is 1. The van der Waals surface area contributed by atoms with E-state index in [2.05, 4.69) is 22.1 Å². The van der Waals surface area contributed by atoms with Gasteiger partial charge in [0.05, 0.1) is 5.56 Å². The van der Waals surface area contributed by atoms with Gasteiger partial charge in [-0.15, -0.1) is 0 Å². The molecule has 0 radical (unpaired) electrons. The van der Waals surface area contributed by atoms with Gasteiger partial charge in [0.25, 0.3) is 0 Å². The highest BCUT2D eigenvalue weighted by Gasteiger charge is 2.12. The van der Waals surface area contributed by atoms with Gasteiger partial charge in [0.15, 0.2) is 0 Å². The number of nitrogens with zero attached hydrogens (tertiary/aromatic N) is 2. The quantitative estimate of drug-likeness (QED) is 0.878. The third-order valence-corrected chi connectivity index (χ3v) is 3.36. The summed E-state index contributed by atoms with van der Waals surface area (Å²) in [6, 6.07) is 6.22. The minimum atomic E-state index is 0.459. The Balaban J connectivity index is 1.90. The highest BCUT2D eigenvalue weighted by Crippen LogP contribution is 2.29. The van der Waals surface area contributed by atoms with Crippen LogP contribution in [0.4, 0.5) is 5.82 Å². The van der Waals surface area contributed by atoms with Crippen LogP contribution < -0.4 is 10.5 Å². The Bertz CT molecular complexity index is 596. The van der Waals surface area contributed by atoms with Gasteiger partial charge >= 0.3 is 0 Å². The first kappa shape index (κ1) is 11.0. The normalized spacial score (nSPS) is 13.4. The minimum Gasteiger partial charge on any atom is -0.439 e. The predicted molar refractivity (Wildman–Crippen MR) is 69.7 cm³/mol. The van der Waals surface area contributed by atoms with Gasteiger partial charge in [-0.05, 0) is 49.4 Å². The molecular weight excluding hydrogens is 226 g/mol. The molecule has 1 aliphatic carbocycles. The number of hydrogen-bond donors (Lipinski definition) is 1. The molecule has 4 nitrogen and oxygen atoms in total. The molecule has 1 heterocycles. The highest BCUT2D eigenvalue weighted by atomic mass is 16.5. The third kappa shape index (κ3) is 1.90. The molecule has 92 valence electrons. The number of hydrogen-bond acceptors (Lipinski definition) is 4. The van der Waals surface area contributed by atoms with Crippen LogP contribution in [0.3, 0.4) is 0 Å². The summed E-state index contributed by atoms with van der Waals surface area (Å²) < 4.78 is 5.78. The van der Waals surface area contributed by atoms with Gasteiger partial charge in [-0.2, -0.15) is 0 Å². The molecule has 3 rings (SSSR count). The van der Waals surface area contributed by atoms with Crippen molar-refractivity contribution in [1.29, 1.82) is 0 Å². The van der Waals surface area contributed by atoms with Crippen LogP contribution in [0.1, 0.15) is 23.1 Å². The fraction of sp³-hybridized carbons (Fsp3) is 0.286. The third-order valence-electron chi connectivity index (χ3n) is 3.36. The molecule has 0 aliphatic heterocycles. The molecular formula is C14H15N3O. The molecule has 0 spiro atoms. The van der Waals surface area contributed by atoms with E-state index >= 15 is 0 Å². The van der Waals surface area contributed by atoms with E-state index in [0.29, 0.717) is 11.7 Å². The zero-order chi connectivity index (χ0) is 12.5. The summed E-state index contributed by atoms with van der Waals surface area (Å²) in [5.41, 5.74) is 9.32. The van der Waals surface area contributed by atoms with Crippen molar-refractivity contribution >= 4 is 5.82 Å². The number of anilines is 1. The van der Waals surface area contributed by atoms with E-state index in [-0.39, 0.29) is 0 Å². The molecule has 1 aromatic heterocycles. The second-order valence-electron chi connectivity index (χ2n) is 4.58. The summed E-state index contributed by atoms with van der Waals surface area (Å²) in [5, 5.41) is 0. The van der Waals surface area contributed by atoms with Crippen LogP contribution in [0.2, 0.25) is 0 Å². The van der Waals surface area contributed by atoms with Gasteiger partial charge in [-0.1, -0.05) is 6.07 Å². The van der Waals surface area contributed by atoms with Crippen LogP contribution >= 0.6 is 0 Å². The fourth-order valence-corrected chi connectivity index (χ4v) is 2.27. The Hall–Kier alpha value is -2.10. The van der Waals surface area contributed by atoms with E-state index in [1.54, 1.807) is 0 Å². The maximum atomic E-state index is 5.78. The molecule has 0 saturated carbocycles. The zero-order valence-electron chi connectivity index (χ0n) is 10.3. The van der Waals surface area contributed by atoms with Crippen molar-refractivity contribution in [3.63, 3.8) is 0 Å². The largest absolute Gasteiger partial charge is 0.439 e. The number of nitrogen functional groups attached to an aromatic ring is 1. The van der Waals surface area contributed by atoms with Crippen LogP contribution in [0.5, 0.6) is 11.6 Å². The van der Waals surface area contributed by atoms with Crippen molar-refractivity contribution in [1.82, 2.24) is 9.97 Å². The molecule has 0 atom stereocenters. The van der Waals surface area contributed by atoms with E-state index in [1.165, 1.54) is 30.3 Å². The van der Waals surface area contributed by atoms with E-state index in [1.807, 2.05) is 13.0 Å². The zero-order valence-corrected chi connectivity index (χ0v) is 10.3. The van der Waals surface area contributed by atoms with Crippen molar-refractivity contribution in [2.75, 3.05) is 5.73 Å². The lowest BCUT2D eigenvalue weighted by Gasteiger charge is -2.09. The van der Waals surface area contributed by atoms with Gasteiger partial charge in [0.2, 0.25) is 5.88 Å². The number of rotatable bonds is 2. The van der Waals surface area contributed by atoms with E-state index in [9.17, 15) is 0 Å². The molecule has 0 bridgehead atoms. The Morgan fingerprint density at radius 2 is 2.00 bits per heavy atom. The molecule has 1 aromatic carbocycles.